The number of aromatic nitrogens is 1. The molecule has 0 spiro atoms. The van der Waals surface area contributed by atoms with Gasteiger partial charge in [-0.25, -0.2) is 0 Å². The third-order valence-electron chi connectivity index (χ3n) is 6.10. The SMILES string of the molecule is O=[N+]([O-])c1ccc(Cl)c([C@H]2c3cccn3CCCN2Cc2cccc(Oc3ccccc3)c2)c1. The van der Waals surface area contributed by atoms with Crippen LogP contribution in [0.5, 0.6) is 11.5 Å². The topological polar surface area (TPSA) is 60.5 Å². The second kappa shape index (κ2) is 9.71. The summed E-state index contributed by atoms with van der Waals surface area (Å²) in [5, 5.41) is 12.0. The summed E-state index contributed by atoms with van der Waals surface area (Å²) in [7, 11) is 0. The van der Waals surface area contributed by atoms with Gasteiger partial charge < -0.3 is 9.30 Å². The van der Waals surface area contributed by atoms with Crippen LogP contribution in [0, 0.1) is 10.1 Å². The van der Waals surface area contributed by atoms with E-state index in [1.165, 1.54) is 6.07 Å². The number of aryl methyl sites for hydroxylation is 1. The lowest BCUT2D eigenvalue weighted by atomic mass is 10.00. The number of rotatable bonds is 6. The molecule has 0 aliphatic carbocycles. The van der Waals surface area contributed by atoms with Crippen molar-refractivity contribution in [3.63, 3.8) is 0 Å². The number of nitro benzene ring substituents is 1. The molecule has 1 aromatic heterocycles. The van der Waals surface area contributed by atoms with Crippen LogP contribution in [0.2, 0.25) is 5.02 Å². The monoisotopic (exact) mass is 473 g/mol. The first-order valence-corrected chi connectivity index (χ1v) is 11.6. The van der Waals surface area contributed by atoms with Gasteiger partial charge in [0.1, 0.15) is 11.5 Å². The maximum absolute atomic E-state index is 11.5. The van der Waals surface area contributed by atoms with E-state index in [-0.39, 0.29) is 16.7 Å². The second-order valence-corrected chi connectivity index (χ2v) is 8.79. The minimum Gasteiger partial charge on any atom is -0.457 e. The smallest absolute Gasteiger partial charge is 0.269 e. The molecule has 4 aromatic rings. The van der Waals surface area contributed by atoms with Crippen LogP contribution in [0.1, 0.15) is 29.3 Å². The number of hydrogen-bond acceptors (Lipinski definition) is 4. The van der Waals surface area contributed by atoms with Crippen molar-refractivity contribution in [3.05, 3.63) is 123 Å². The van der Waals surface area contributed by atoms with Crippen LogP contribution in [-0.2, 0) is 13.1 Å². The molecule has 1 aliphatic rings. The molecule has 0 saturated heterocycles. The number of nitro groups is 1. The molecule has 172 valence electrons. The molecule has 0 unspecified atom stereocenters. The predicted molar refractivity (Wildman–Crippen MR) is 132 cm³/mol. The summed E-state index contributed by atoms with van der Waals surface area (Å²) in [6, 6.07) is 26.3. The van der Waals surface area contributed by atoms with Crippen molar-refractivity contribution >= 4 is 17.3 Å². The van der Waals surface area contributed by atoms with Gasteiger partial charge in [-0.2, -0.15) is 0 Å². The third kappa shape index (κ3) is 4.69. The van der Waals surface area contributed by atoms with Crippen molar-refractivity contribution in [3.8, 4) is 11.5 Å². The zero-order valence-electron chi connectivity index (χ0n) is 18.5. The van der Waals surface area contributed by atoms with Crippen molar-refractivity contribution in [2.45, 2.75) is 25.6 Å². The summed E-state index contributed by atoms with van der Waals surface area (Å²) in [6.07, 6.45) is 3.02. The second-order valence-electron chi connectivity index (χ2n) is 8.38. The lowest BCUT2D eigenvalue weighted by Crippen LogP contribution is -2.29. The first kappa shape index (κ1) is 22.2. The van der Waals surface area contributed by atoms with Crippen LogP contribution in [-0.4, -0.2) is 20.9 Å². The minimum absolute atomic E-state index is 0.0416. The van der Waals surface area contributed by atoms with Crippen LogP contribution in [0.15, 0.2) is 91.1 Å². The van der Waals surface area contributed by atoms with E-state index in [4.69, 9.17) is 16.3 Å². The molecule has 0 saturated carbocycles. The zero-order chi connectivity index (χ0) is 23.5. The largest absolute Gasteiger partial charge is 0.457 e. The average Bonchev–Trinajstić information content (AvgIpc) is 3.22. The Kier molecular flexibility index (Phi) is 6.34. The minimum atomic E-state index is -0.371. The van der Waals surface area contributed by atoms with Crippen molar-refractivity contribution in [2.24, 2.45) is 0 Å². The normalized spacial score (nSPS) is 16.0. The summed E-state index contributed by atoms with van der Waals surface area (Å²) < 4.78 is 8.25. The molecule has 7 heteroatoms. The van der Waals surface area contributed by atoms with E-state index in [0.29, 0.717) is 11.6 Å². The fraction of sp³-hybridized carbons (Fsp3) is 0.185. The molecule has 0 N–H and O–H groups in total. The maximum Gasteiger partial charge on any atom is 0.269 e. The van der Waals surface area contributed by atoms with Gasteiger partial charge in [-0.15, -0.1) is 0 Å². The fourth-order valence-corrected chi connectivity index (χ4v) is 4.81. The number of ether oxygens (including phenoxy) is 1. The zero-order valence-corrected chi connectivity index (χ0v) is 19.3. The van der Waals surface area contributed by atoms with Crippen molar-refractivity contribution in [1.82, 2.24) is 9.47 Å². The lowest BCUT2D eigenvalue weighted by Gasteiger charge is -2.31. The van der Waals surface area contributed by atoms with Crippen LogP contribution in [0.3, 0.4) is 0 Å². The first-order chi connectivity index (χ1) is 16.6. The van der Waals surface area contributed by atoms with E-state index in [0.717, 1.165) is 47.8 Å². The summed E-state index contributed by atoms with van der Waals surface area (Å²) in [5.74, 6) is 1.56. The van der Waals surface area contributed by atoms with E-state index >= 15 is 0 Å². The Morgan fingerprint density at radius 2 is 1.76 bits per heavy atom. The maximum atomic E-state index is 11.5. The average molecular weight is 474 g/mol. The van der Waals surface area contributed by atoms with Gasteiger partial charge in [0, 0.05) is 54.2 Å². The number of non-ortho nitro benzene ring substituents is 1. The summed E-state index contributed by atoms with van der Waals surface area (Å²) >= 11 is 6.63. The van der Waals surface area contributed by atoms with Gasteiger partial charge in [0.15, 0.2) is 0 Å². The molecule has 2 heterocycles. The molecule has 0 amide bonds. The lowest BCUT2D eigenvalue weighted by molar-refractivity contribution is -0.384. The van der Waals surface area contributed by atoms with Crippen LogP contribution >= 0.6 is 11.6 Å². The van der Waals surface area contributed by atoms with Crippen molar-refractivity contribution in [1.29, 1.82) is 0 Å². The van der Waals surface area contributed by atoms with E-state index in [1.807, 2.05) is 54.6 Å². The molecule has 34 heavy (non-hydrogen) atoms. The van der Waals surface area contributed by atoms with E-state index in [2.05, 4.69) is 27.8 Å². The molecule has 5 rings (SSSR count). The standard InChI is InChI=1S/C27H24ClN3O3/c28-25-13-12-21(31(32)33)18-24(25)27-26-11-5-14-29(26)15-6-16-30(27)19-20-7-4-10-23(17-20)34-22-8-2-1-3-9-22/h1-5,7-14,17-18,27H,6,15-16,19H2/t27-/m0/s1. The van der Waals surface area contributed by atoms with E-state index < -0.39 is 0 Å². The Balaban J connectivity index is 1.50. The first-order valence-electron chi connectivity index (χ1n) is 11.2. The fourth-order valence-electron chi connectivity index (χ4n) is 4.59. The number of fused-ring (bicyclic) bond motifs is 1. The van der Waals surface area contributed by atoms with Crippen molar-refractivity contribution in [2.75, 3.05) is 6.54 Å². The number of nitrogens with zero attached hydrogens (tertiary/aromatic N) is 3. The Bertz CT molecular complexity index is 1310. The summed E-state index contributed by atoms with van der Waals surface area (Å²) in [5.41, 5.74) is 2.96. The summed E-state index contributed by atoms with van der Waals surface area (Å²) in [4.78, 5) is 13.5. The van der Waals surface area contributed by atoms with Gasteiger partial charge in [-0.05, 0) is 54.4 Å². The Labute approximate surface area is 203 Å². The quantitative estimate of drug-likeness (QED) is 0.227. The Hall–Kier alpha value is -3.61. The van der Waals surface area contributed by atoms with Gasteiger partial charge in [-0.1, -0.05) is 41.9 Å². The molecule has 3 aromatic carbocycles. The van der Waals surface area contributed by atoms with Gasteiger partial charge in [0.2, 0.25) is 0 Å². The molecular formula is C27H24ClN3O3. The van der Waals surface area contributed by atoms with E-state index in [9.17, 15) is 10.1 Å². The van der Waals surface area contributed by atoms with Gasteiger partial charge >= 0.3 is 0 Å². The highest BCUT2D eigenvalue weighted by Gasteiger charge is 2.30. The Morgan fingerprint density at radius 3 is 2.59 bits per heavy atom. The highest BCUT2D eigenvalue weighted by molar-refractivity contribution is 6.31. The van der Waals surface area contributed by atoms with Crippen LogP contribution in [0.25, 0.3) is 0 Å². The van der Waals surface area contributed by atoms with Crippen LogP contribution < -0.4 is 4.74 Å². The molecule has 1 aliphatic heterocycles. The van der Waals surface area contributed by atoms with Gasteiger partial charge in [0.05, 0.1) is 11.0 Å². The van der Waals surface area contributed by atoms with Crippen LogP contribution in [0.4, 0.5) is 5.69 Å². The highest BCUT2D eigenvalue weighted by Crippen LogP contribution is 2.38. The van der Waals surface area contributed by atoms with Gasteiger partial charge in [-0.3, -0.25) is 15.0 Å². The number of para-hydroxylation sites is 1. The summed E-state index contributed by atoms with van der Waals surface area (Å²) in [6.45, 7) is 2.37. The third-order valence-corrected chi connectivity index (χ3v) is 6.45. The Morgan fingerprint density at radius 1 is 0.941 bits per heavy atom. The van der Waals surface area contributed by atoms with Gasteiger partial charge in [0.25, 0.3) is 5.69 Å². The number of halogens is 1. The molecule has 6 nitrogen and oxygen atoms in total. The van der Waals surface area contributed by atoms with E-state index in [1.54, 1.807) is 12.1 Å². The van der Waals surface area contributed by atoms with Crippen molar-refractivity contribution < 1.29 is 9.66 Å². The molecule has 0 radical (unpaired) electrons. The number of benzene rings is 3. The number of hydrogen-bond donors (Lipinski definition) is 0. The molecule has 0 bridgehead atoms. The molecule has 0 fully saturated rings. The molecule has 1 atom stereocenters. The highest BCUT2D eigenvalue weighted by atomic mass is 35.5. The molecular weight excluding hydrogens is 450 g/mol. The predicted octanol–water partition coefficient (Wildman–Crippen LogP) is 6.84.